The van der Waals surface area contributed by atoms with Crippen molar-refractivity contribution in [3.05, 3.63) is 34.1 Å². The number of halogens is 1. The lowest BCUT2D eigenvalue weighted by atomic mass is 10.1. The molecule has 0 fully saturated rings. The van der Waals surface area contributed by atoms with Crippen LogP contribution >= 0.6 is 11.3 Å². The number of aliphatic hydroxyl groups excluding tert-OH is 1. The number of hydrogen-bond acceptors (Lipinski definition) is 6. The number of aromatic nitrogens is 2. The Balaban J connectivity index is 2.37. The van der Waals surface area contributed by atoms with Gasteiger partial charge >= 0.3 is 0 Å². The largest absolute Gasteiger partial charge is 0.392 e. The highest BCUT2D eigenvalue weighted by molar-refractivity contribution is 7.93. The topological polar surface area (TPSA) is 92.2 Å². The van der Waals surface area contributed by atoms with Gasteiger partial charge in [-0.3, -0.25) is 4.72 Å². The number of benzene rings is 1. The van der Waals surface area contributed by atoms with Crippen molar-refractivity contribution in [2.24, 2.45) is 0 Å². The van der Waals surface area contributed by atoms with Crippen LogP contribution in [0.1, 0.15) is 23.1 Å². The maximum absolute atomic E-state index is 13.7. The van der Waals surface area contributed by atoms with E-state index in [1.165, 1.54) is 13.0 Å². The number of aryl methyl sites for hydroxylation is 2. The molecule has 114 valence electrons. The lowest BCUT2D eigenvalue weighted by molar-refractivity contribution is 0.275. The fourth-order valence-corrected chi connectivity index (χ4v) is 3.73. The molecule has 0 amide bonds. The minimum atomic E-state index is -3.90. The summed E-state index contributed by atoms with van der Waals surface area (Å²) < 4.78 is 40.5. The second-order valence-corrected chi connectivity index (χ2v) is 7.08. The lowest BCUT2D eigenvalue weighted by Crippen LogP contribution is -2.14. The van der Waals surface area contributed by atoms with E-state index in [2.05, 4.69) is 14.9 Å². The van der Waals surface area contributed by atoms with E-state index in [-0.39, 0.29) is 21.2 Å². The molecule has 0 saturated carbocycles. The van der Waals surface area contributed by atoms with Crippen LogP contribution in [0.15, 0.2) is 17.0 Å². The van der Waals surface area contributed by atoms with E-state index < -0.39 is 22.4 Å². The number of sulfonamides is 1. The molecule has 2 aromatic rings. The second-order valence-electron chi connectivity index (χ2n) is 4.33. The Labute approximate surface area is 125 Å². The van der Waals surface area contributed by atoms with Crippen molar-refractivity contribution in [3.8, 4) is 0 Å². The van der Waals surface area contributed by atoms with Gasteiger partial charge in [0, 0.05) is 5.56 Å². The van der Waals surface area contributed by atoms with Gasteiger partial charge in [-0.1, -0.05) is 18.3 Å². The van der Waals surface area contributed by atoms with E-state index in [0.717, 1.165) is 17.4 Å². The van der Waals surface area contributed by atoms with Crippen LogP contribution in [-0.4, -0.2) is 23.7 Å². The first-order valence-electron chi connectivity index (χ1n) is 6.12. The quantitative estimate of drug-likeness (QED) is 0.872. The van der Waals surface area contributed by atoms with Crippen LogP contribution in [0.2, 0.25) is 0 Å². The van der Waals surface area contributed by atoms with E-state index in [1.54, 1.807) is 0 Å². The van der Waals surface area contributed by atoms with Gasteiger partial charge in [-0.25, -0.2) is 12.8 Å². The smallest absolute Gasteiger partial charge is 0.263 e. The summed E-state index contributed by atoms with van der Waals surface area (Å²) in [5.74, 6) is -0.611. The average molecular weight is 331 g/mol. The molecule has 9 heteroatoms. The third-order valence-corrected chi connectivity index (χ3v) is 5.21. The standard InChI is InChI=1S/C12H14FN3O3S2/c1-3-10-14-15-12(20-10)16-21(18,19)9-4-7(2)11(13)8(5-9)6-17/h4-5,17H,3,6H2,1-2H3,(H,15,16). The SMILES string of the molecule is CCc1nnc(NS(=O)(=O)c2cc(C)c(F)c(CO)c2)s1. The van der Waals surface area contributed by atoms with Crippen molar-refractivity contribution >= 4 is 26.5 Å². The van der Waals surface area contributed by atoms with Gasteiger partial charge in [0.2, 0.25) is 5.13 Å². The Morgan fingerprint density at radius 2 is 2.10 bits per heavy atom. The minimum Gasteiger partial charge on any atom is -0.392 e. The summed E-state index contributed by atoms with van der Waals surface area (Å²) in [6.07, 6.45) is 0.656. The van der Waals surface area contributed by atoms with Gasteiger partial charge in [0.1, 0.15) is 10.8 Å². The molecular weight excluding hydrogens is 317 g/mol. The normalized spacial score (nSPS) is 11.6. The number of anilines is 1. The molecule has 0 aliphatic heterocycles. The van der Waals surface area contributed by atoms with Crippen LogP contribution in [0.4, 0.5) is 9.52 Å². The van der Waals surface area contributed by atoms with Crippen LogP contribution in [0.3, 0.4) is 0 Å². The zero-order valence-corrected chi connectivity index (χ0v) is 13.1. The van der Waals surface area contributed by atoms with Crippen molar-refractivity contribution in [2.75, 3.05) is 4.72 Å². The monoisotopic (exact) mass is 331 g/mol. The summed E-state index contributed by atoms with van der Waals surface area (Å²) in [5.41, 5.74) is 0.0790. The maximum Gasteiger partial charge on any atom is 0.263 e. The molecule has 0 unspecified atom stereocenters. The highest BCUT2D eigenvalue weighted by Crippen LogP contribution is 2.23. The maximum atomic E-state index is 13.7. The third kappa shape index (κ3) is 3.36. The number of rotatable bonds is 5. The molecule has 1 aromatic carbocycles. The van der Waals surface area contributed by atoms with Gasteiger partial charge in [-0.2, -0.15) is 0 Å². The Morgan fingerprint density at radius 1 is 1.38 bits per heavy atom. The van der Waals surface area contributed by atoms with Gasteiger partial charge in [0.05, 0.1) is 11.5 Å². The predicted octanol–water partition coefficient (Wildman–Crippen LogP) is 1.84. The Hall–Kier alpha value is -1.58. The molecule has 0 spiro atoms. The number of nitrogens with one attached hydrogen (secondary N) is 1. The fraction of sp³-hybridized carbons (Fsp3) is 0.333. The molecule has 0 aliphatic carbocycles. The number of hydrogen-bond donors (Lipinski definition) is 2. The second kappa shape index (κ2) is 6.04. The molecule has 2 N–H and O–H groups in total. The van der Waals surface area contributed by atoms with Gasteiger partial charge in [0.15, 0.2) is 0 Å². The Morgan fingerprint density at radius 3 is 2.67 bits per heavy atom. The van der Waals surface area contributed by atoms with Crippen molar-refractivity contribution in [3.63, 3.8) is 0 Å². The molecule has 1 aromatic heterocycles. The highest BCUT2D eigenvalue weighted by atomic mass is 32.2. The zero-order valence-electron chi connectivity index (χ0n) is 11.4. The Bertz CT molecular complexity index is 759. The molecular formula is C12H14FN3O3S2. The van der Waals surface area contributed by atoms with Crippen LogP contribution in [0.5, 0.6) is 0 Å². The van der Waals surface area contributed by atoms with Gasteiger partial charge in [0.25, 0.3) is 10.0 Å². The Kier molecular flexibility index (Phi) is 4.55. The average Bonchev–Trinajstić information content (AvgIpc) is 2.88. The van der Waals surface area contributed by atoms with Crippen LogP contribution in [0, 0.1) is 12.7 Å². The van der Waals surface area contributed by atoms with Crippen molar-refractivity contribution in [1.82, 2.24) is 10.2 Å². The highest BCUT2D eigenvalue weighted by Gasteiger charge is 2.20. The molecule has 2 rings (SSSR count). The first kappa shape index (κ1) is 15.8. The summed E-state index contributed by atoms with van der Waals surface area (Å²) in [5, 5.41) is 17.5. The lowest BCUT2D eigenvalue weighted by Gasteiger charge is -2.09. The van der Waals surface area contributed by atoms with E-state index in [0.29, 0.717) is 11.4 Å². The van der Waals surface area contributed by atoms with Crippen LogP contribution in [0.25, 0.3) is 0 Å². The minimum absolute atomic E-state index is 0.0677. The molecule has 0 bridgehead atoms. The molecule has 0 aliphatic rings. The summed E-state index contributed by atoms with van der Waals surface area (Å²) >= 11 is 1.14. The molecule has 1 heterocycles. The number of nitrogens with zero attached hydrogens (tertiary/aromatic N) is 2. The van der Waals surface area contributed by atoms with E-state index in [1.807, 2.05) is 6.92 Å². The molecule has 21 heavy (non-hydrogen) atoms. The van der Waals surface area contributed by atoms with E-state index in [4.69, 9.17) is 5.11 Å². The molecule has 0 saturated heterocycles. The summed E-state index contributed by atoms with van der Waals surface area (Å²) in [6.45, 7) is 2.75. The van der Waals surface area contributed by atoms with E-state index >= 15 is 0 Å². The van der Waals surface area contributed by atoms with Crippen molar-refractivity contribution in [2.45, 2.75) is 31.8 Å². The van der Waals surface area contributed by atoms with Crippen molar-refractivity contribution < 1.29 is 17.9 Å². The van der Waals surface area contributed by atoms with Crippen LogP contribution < -0.4 is 4.72 Å². The van der Waals surface area contributed by atoms with Gasteiger partial charge < -0.3 is 5.11 Å². The molecule has 0 atom stereocenters. The van der Waals surface area contributed by atoms with Crippen LogP contribution in [-0.2, 0) is 23.1 Å². The third-order valence-electron chi connectivity index (χ3n) is 2.78. The summed E-state index contributed by atoms with van der Waals surface area (Å²) in [7, 11) is -3.90. The zero-order chi connectivity index (χ0) is 15.6. The first-order valence-corrected chi connectivity index (χ1v) is 8.42. The van der Waals surface area contributed by atoms with Crippen molar-refractivity contribution in [1.29, 1.82) is 0 Å². The van der Waals surface area contributed by atoms with E-state index in [9.17, 15) is 12.8 Å². The van der Waals surface area contributed by atoms with Gasteiger partial charge in [-0.15, -0.1) is 10.2 Å². The predicted molar refractivity (Wildman–Crippen MR) is 77.2 cm³/mol. The molecule has 0 radical (unpaired) electrons. The molecule has 6 nitrogen and oxygen atoms in total. The first-order chi connectivity index (χ1) is 9.87. The van der Waals surface area contributed by atoms with Gasteiger partial charge in [-0.05, 0) is 31.0 Å². The summed E-state index contributed by atoms with van der Waals surface area (Å²) in [4.78, 5) is -0.126. The number of aliphatic hydroxyl groups is 1. The summed E-state index contributed by atoms with van der Waals surface area (Å²) in [6, 6.07) is 2.31. The fourth-order valence-electron chi connectivity index (χ4n) is 1.69.